The molecule has 1 N–H and O–H groups in total. The number of aromatic nitrogens is 2. The summed E-state index contributed by atoms with van der Waals surface area (Å²) in [7, 11) is 0. The number of hydrogen-bond acceptors (Lipinski definition) is 4. The maximum atomic E-state index is 13.5. The van der Waals surface area contributed by atoms with Crippen LogP contribution in [0.3, 0.4) is 0 Å². The van der Waals surface area contributed by atoms with E-state index in [-0.39, 0.29) is 5.91 Å². The van der Waals surface area contributed by atoms with Gasteiger partial charge in [-0.25, -0.2) is 0 Å². The Morgan fingerprint density at radius 2 is 1.82 bits per heavy atom. The van der Waals surface area contributed by atoms with Crippen LogP contribution in [0.4, 0.5) is 0 Å². The van der Waals surface area contributed by atoms with Crippen LogP contribution in [-0.4, -0.2) is 40.4 Å². The Kier molecular flexibility index (Phi) is 7.50. The van der Waals surface area contributed by atoms with Gasteiger partial charge >= 0.3 is 0 Å². The van der Waals surface area contributed by atoms with Crippen molar-refractivity contribution < 1.29 is 4.79 Å². The van der Waals surface area contributed by atoms with Gasteiger partial charge in [-0.15, -0.1) is 0 Å². The highest BCUT2D eigenvalue weighted by molar-refractivity contribution is 5.83. The molecule has 0 radical (unpaired) electrons. The Balaban J connectivity index is 1.54. The molecule has 1 aliphatic rings. The number of carbonyl (C=O) groups is 1. The second-order valence-corrected chi connectivity index (χ2v) is 9.23. The van der Waals surface area contributed by atoms with Crippen molar-refractivity contribution in [3.8, 4) is 11.1 Å². The summed E-state index contributed by atoms with van der Waals surface area (Å²) in [5.74, 6) is 0.185. The highest BCUT2D eigenvalue weighted by Gasteiger charge is 2.42. The highest BCUT2D eigenvalue weighted by Crippen LogP contribution is 2.35. The summed E-state index contributed by atoms with van der Waals surface area (Å²) < 4.78 is 0. The zero-order valence-corrected chi connectivity index (χ0v) is 19.8. The fourth-order valence-corrected chi connectivity index (χ4v) is 4.86. The lowest BCUT2D eigenvalue weighted by Gasteiger charge is -2.42. The normalized spacial score (nSPS) is 18.7. The third-order valence-electron chi connectivity index (χ3n) is 6.51. The third-order valence-corrected chi connectivity index (χ3v) is 6.51. The second kappa shape index (κ2) is 10.7. The lowest BCUT2D eigenvalue weighted by molar-refractivity contribution is -0.134. The number of nitrogens with one attached hydrogen (secondary N) is 1. The van der Waals surface area contributed by atoms with Crippen molar-refractivity contribution in [1.29, 1.82) is 0 Å². The molecule has 1 amide bonds. The molecule has 0 aliphatic carbocycles. The first-order valence-electron chi connectivity index (χ1n) is 12.0. The molecule has 5 heteroatoms. The molecular weight excluding hydrogens is 408 g/mol. The molecule has 33 heavy (non-hydrogen) atoms. The van der Waals surface area contributed by atoms with Crippen molar-refractivity contribution in [2.24, 2.45) is 5.41 Å². The van der Waals surface area contributed by atoms with Crippen LogP contribution < -0.4 is 5.32 Å². The molecule has 0 saturated carbocycles. The van der Waals surface area contributed by atoms with E-state index in [2.05, 4.69) is 63.5 Å². The van der Waals surface area contributed by atoms with Crippen LogP contribution in [0.2, 0.25) is 0 Å². The summed E-state index contributed by atoms with van der Waals surface area (Å²) in [6.45, 7) is 7.38. The van der Waals surface area contributed by atoms with Crippen LogP contribution in [0, 0.1) is 12.3 Å². The minimum Gasteiger partial charge on any atom is -0.356 e. The van der Waals surface area contributed by atoms with Crippen LogP contribution in [0.1, 0.15) is 43.1 Å². The van der Waals surface area contributed by atoms with E-state index in [9.17, 15) is 4.79 Å². The molecule has 0 bridgehead atoms. The Bertz CT molecular complexity index is 1050. The highest BCUT2D eigenvalue weighted by atomic mass is 16.2. The summed E-state index contributed by atoms with van der Waals surface area (Å²) in [6.07, 6.45) is 7.25. The van der Waals surface area contributed by atoms with Gasteiger partial charge in [0.2, 0.25) is 5.91 Å². The predicted molar refractivity (Wildman–Crippen MR) is 133 cm³/mol. The molecule has 1 atom stereocenters. The first-order chi connectivity index (χ1) is 16.1. The topological polar surface area (TPSA) is 58.1 Å². The number of likely N-dealkylation sites (tertiary alicyclic amines) is 1. The first-order valence-corrected chi connectivity index (χ1v) is 12.0. The van der Waals surface area contributed by atoms with Crippen LogP contribution in [-0.2, 0) is 17.8 Å². The van der Waals surface area contributed by atoms with Crippen molar-refractivity contribution in [3.63, 3.8) is 0 Å². The smallest absolute Gasteiger partial charge is 0.227 e. The zero-order chi connectivity index (χ0) is 23.1. The summed E-state index contributed by atoms with van der Waals surface area (Å²) >= 11 is 0. The van der Waals surface area contributed by atoms with Gasteiger partial charge in [-0.1, -0.05) is 37.3 Å². The molecule has 4 rings (SSSR count). The Morgan fingerprint density at radius 1 is 1.06 bits per heavy atom. The third kappa shape index (κ3) is 5.85. The average molecular weight is 443 g/mol. The monoisotopic (exact) mass is 442 g/mol. The zero-order valence-electron chi connectivity index (χ0n) is 19.8. The molecule has 1 saturated heterocycles. The minimum atomic E-state index is -0.421. The second-order valence-electron chi connectivity index (χ2n) is 9.23. The number of pyridine rings is 2. The molecule has 1 fully saturated rings. The average Bonchev–Trinajstić information content (AvgIpc) is 2.84. The van der Waals surface area contributed by atoms with Gasteiger partial charge in [-0.05, 0) is 80.1 Å². The molecule has 2 aromatic heterocycles. The number of hydrogen-bond donors (Lipinski definition) is 1. The molecule has 1 aromatic carbocycles. The maximum absolute atomic E-state index is 13.5. The van der Waals surface area contributed by atoms with Gasteiger partial charge in [0.15, 0.2) is 0 Å². The molecular formula is C28H34N4O. The van der Waals surface area contributed by atoms with Gasteiger partial charge in [0.25, 0.3) is 0 Å². The lowest BCUT2D eigenvalue weighted by atomic mass is 9.74. The van der Waals surface area contributed by atoms with E-state index in [0.717, 1.165) is 68.8 Å². The molecule has 0 spiro atoms. The Hall–Kier alpha value is -3.05. The van der Waals surface area contributed by atoms with Gasteiger partial charge in [-0.3, -0.25) is 19.7 Å². The Labute approximate surface area is 197 Å². The maximum Gasteiger partial charge on any atom is 0.227 e. The SMILES string of the molecule is CCCNC(=O)[C@]1(Cc2ccc(-c3ccncc3)cc2)CCCN(Cc2cccc(C)n2)C1. The number of piperidine rings is 1. The van der Waals surface area contributed by atoms with Crippen molar-refractivity contribution in [1.82, 2.24) is 20.2 Å². The van der Waals surface area contributed by atoms with Gasteiger partial charge in [-0.2, -0.15) is 0 Å². The summed E-state index contributed by atoms with van der Waals surface area (Å²) in [6, 6.07) is 18.9. The lowest BCUT2D eigenvalue weighted by Crippen LogP contribution is -2.53. The van der Waals surface area contributed by atoms with E-state index >= 15 is 0 Å². The molecule has 3 heterocycles. The van der Waals surface area contributed by atoms with Crippen molar-refractivity contribution in [2.45, 2.75) is 46.1 Å². The van der Waals surface area contributed by atoms with Gasteiger partial charge in [0.1, 0.15) is 0 Å². The molecule has 3 aromatic rings. The number of rotatable bonds is 8. The van der Waals surface area contributed by atoms with E-state index in [1.54, 1.807) is 0 Å². The summed E-state index contributed by atoms with van der Waals surface area (Å²) in [5.41, 5.74) is 5.21. The molecule has 172 valence electrons. The summed E-state index contributed by atoms with van der Waals surface area (Å²) in [4.78, 5) is 24.7. The fraction of sp³-hybridized carbons (Fsp3) is 0.393. The number of aryl methyl sites for hydroxylation is 1. The predicted octanol–water partition coefficient (Wildman–Crippen LogP) is 4.80. The van der Waals surface area contributed by atoms with Crippen LogP contribution in [0.5, 0.6) is 0 Å². The first kappa shape index (κ1) is 23.1. The van der Waals surface area contributed by atoms with Gasteiger partial charge in [0, 0.05) is 37.7 Å². The van der Waals surface area contributed by atoms with Gasteiger partial charge < -0.3 is 5.32 Å². The molecule has 1 aliphatic heterocycles. The quantitative estimate of drug-likeness (QED) is 0.544. The number of carbonyl (C=O) groups excluding carboxylic acids is 1. The van der Waals surface area contributed by atoms with Gasteiger partial charge in [0.05, 0.1) is 11.1 Å². The van der Waals surface area contributed by atoms with Crippen LogP contribution in [0.25, 0.3) is 11.1 Å². The van der Waals surface area contributed by atoms with Crippen molar-refractivity contribution in [3.05, 3.63) is 83.9 Å². The van der Waals surface area contributed by atoms with Crippen LogP contribution in [0.15, 0.2) is 67.0 Å². The fourth-order valence-electron chi connectivity index (χ4n) is 4.86. The van der Waals surface area contributed by atoms with E-state index in [1.165, 1.54) is 11.1 Å². The molecule has 5 nitrogen and oxygen atoms in total. The molecule has 0 unspecified atom stereocenters. The standard InChI is InChI=1S/C28H34N4O/c1-3-15-30-27(33)28(14-5-18-32(21-28)20-26-7-4-6-22(2)31-26)19-23-8-10-24(11-9-23)25-12-16-29-17-13-25/h4,6-13,16-17H,3,5,14-15,18-21H2,1-2H3,(H,30,33)/t28-/m0/s1. The number of nitrogens with zero attached hydrogens (tertiary/aromatic N) is 3. The summed E-state index contributed by atoms with van der Waals surface area (Å²) in [5, 5.41) is 3.21. The number of amides is 1. The van der Waals surface area contributed by atoms with Crippen molar-refractivity contribution in [2.75, 3.05) is 19.6 Å². The van der Waals surface area contributed by atoms with E-state index in [4.69, 9.17) is 0 Å². The Morgan fingerprint density at radius 3 is 2.55 bits per heavy atom. The van der Waals surface area contributed by atoms with E-state index < -0.39 is 5.41 Å². The van der Waals surface area contributed by atoms with Crippen LogP contribution >= 0.6 is 0 Å². The van der Waals surface area contributed by atoms with Crippen molar-refractivity contribution >= 4 is 5.91 Å². The number of benzene rings is 1. The minimum absolute atomic E-state index is 0.185. The largest absolute Gasteiger partial charge is 0.356 e. The van der Waals surface area contributed by atoms with E-state index in [1.807, 2.05) is 37.5 Å². The van der Waals surface area contributed by atoms with E-state index in [0.29, 0.717) is 0 Å².